The van der Waals surface area contributed by atoms with Gasteiger partial charge in [-0.2, -0.15) is 0 Å². The summed E-state index contributed by atoms with van der Waals surface area (Å²) in [7, 11) is 0. The Hall–Kier alpha value is -1.49. The van der Waals surface area contributed by atoms with Crippen molar-refractivity contribution in [2.24, 2.45) is 0 Å². The summed E-state index contributed by atoms with van der Waals surface area (Å²) >= 11 is 0. The van der Waals surface area contributed by atoms with Crippen molar-refractivity contribution in [2.45, 2.75) is 13.0 Å². The van der Waals surface area contributed by atoms with Gasteiger partial charge in [0.2, 0.25) is 0 Å². The van der Waals surface area contributed by atoms with E-state index < -0.39 is 17.7 Å². The van der Waals surface area contributed by atoms with Gasteiger partial charge < -0.3 is 19.7 Å². The molecule has 15 heavy (non-hydrogen) atoms. The number of halogens is 1. The molecule has 1 aromatic rings. The van der Waals surface area contributed by atoms with Gasteiger partial charge in [-0.05, 0) is 6.92 Å². The van der Waals surface area contributed by atoms with Gasteiger partial charge in [-0.1, -0.05) is 0 Å². The van der Waals surface area contributed by atoms with Crippen molar-refractivity contribution < 1.29 is 24.1 Å². The number of aliphatic hydroxyl groups excluding tert-OH is 1. The largest absolute Gasteiger partial charge is 0.504 e. The van der Waals surface area contributed by atoms with Crippen molar-refractivity contribution in [1.29, 1.82) is 0 Å². The summed E-state index contributed by atoms with van der Waals surface area (Å²) in [6, 6.07) is 1.05. The quantitative estimate of drug-likeness (QED) is 0.741. The number of hydrogen-bond donors (Lipinski definition) is 2. The van der Waals surface area contributed by atoms with E-state index >= 15 is 0 Å². The molecule has 5 heteroatoms. The molecule has 1 unspecified atom stereocenters. The van der Waals surface area contributed by atoms with E-state index in [2.05, 4.69) is 0 Å². The third-order valence-corrected chi connectivity index (χ3v) is 2.21. The van der Waals surface area contributed by atoms with Crippen LogP contribution in [0.1, 0.15) is 18.6 Å². The van der Waals surface area contributed by atoms with Crippen LogP contribution in [0.4, 0.5) is 4.39 Å². The number of rotatable bonds is 1. The van der Waals surface area contributed by atoms with Crippen LogP contribution >= 0.6 is 0 Å². The molecule has 0 aromatic heterocycles. The van der Waals surface area contributed by atoms with Crippen LogP contribution in [0.2, 0.25) is 0 Å². The molecule has 0 saturated carbocycles. The molecule has 2 rings (SSSR count). The van der Waals surface area contributed by atoms with Gasteiger partial charge in [0.1, 0.15) is 13.2 Å². The topological polar surface area (TPSA) is 58.9 Å². The van der Waals surface area contributed by atoms with E-state index in [1.807, 2.05) is 0 Å². The Morgan fingerprint density at radius 2 is 2.07 bits per heavy atom. The summed E-state index contributed by atoms with van der Waals surface area (Å²) in [5, 5.41) is 18.9. The highest BCUT2D eigenvalue weighted by Crippen LogP contribution is 2.43. The molecule has 1 heterocycles. The lowest BCUT2D eigenvalue weighted by Gasteiger charge is -2.23. The summed E-state index contributed by atoms with van der Waals surface area (Å²) < 4.78 is 23.6. The zero-order chi connectivity index (χ0) is 11.0. The molecule has 0 amide bonds. The summed E-state index contributed by atoms with van der Waals surface area (Å²) in [5.41, 5.74) is 0.0321. The molecule has 0 fully saturated rings. The van der Waals surface area contributed by atoms with E-state index in [0.717, 1.165) is 6.07 Å². The molecular formula is C10H11FO4. The molecule has 0 spiro atoms. The number of hydrogen-bond acceptors (Lipinski definition) is 4. The molecule has 2 N–H and O–H groups in total. The Labute approximate surface area is 85.9 Å². The maximum absolute atomic E-state index is 13.2. The maximum atomic E-state index is 13.2. The van der Waals surface area contributed by atoms with Crippen molar-refractivity contribution in [2.75, 3.05) is 13.2 Å². The first kappa shape index (κ1) is 10.0. The lowest BCUT2D eigenvalue weighted by atomic mass is 10.1. The van der Waals surface area contributed by atoms with E-state index in [4.69, 9.17) is 9.47 Å². The van der Waals surface area contributed by atoms with Crippen LogP contribution in [0.15, 0.2) is 6.07 Å². The zero-order valence-electron chi connectivity index (χ0n) is 8.16. The van der Waals surface area contributed by atoms with E-state index in [0.29, 0.717) is 13.2 Å². The van der Waals surface area contributed by atoms with E-state index in [1.54, 1.807) is 0 Å². The number of benzene rings is 1. The van der Waals surface area contributed by atoms with Crippen LogP contribution in [-0.2, 0) is 0 Å². The molecule has 0 saturated heterocycles. The lowest BCUT2D eigenvalue weighted by molar-refractivity contribution is 0.149. The summed E-state index contributed by atoms with van der Waals surface area (Å²) in [5.74, 6) is -0.980. The smallest absolute Gasteiger partial charge is 0.171 e. The zero-order valence-corrected chi connectivity index (χ0v) is 8.16. The molecular weight excluding hydrogens is 203 g/mol. The first-order chi connectivity index (χ1) is 7.11. The summed E-state index contributed by atoms with van der Waals surface area (Å²) in [4.78, 5) is 0. The summed E-state index contributed by atoms with van der Waals surface area (Å²) in [6.45, 7) is 2.07. The first-order valence-corrected chi connectivity index (χ1v) is 4.60. The summed E-state index contributed by atoms with van der Waals surface area (Å²) in [6.07, 6.45) is -1.02. The van der Waals surface area contributed by atoms with Crippen molar-refractivity contribution in [3.05, 3.63) is 17.4 Å². The Bertz CT molecular complexity index is 389. The second-order valence-electron chi connectivity index (χ2n) is 3.32. The number of ether oxygens (including phenoxy) is 2. The Kier molecular flexibility index (Phi) is 2.40. The number of phenolic OH excluding ortho intramolecular Hbond substituents is 1. The number of fused-ring (bicyclic) bond motifs is 1. The fraction of sp³-hybridized carbons (Fsp3) is 0.400. The average molecular weight is 214 g/mol. The highest BCUT2D eigenvalue weighted by molar-refractivity contribution is 5.55. The minimum absolute atomic E-state index is 0.0321. The number of aliphatic hydroxyl groups is 1. The number of phenols is 1. The highest BCUT2D eigenvalue weighted by Gasteiger charge is 2.25. The van der Waals surface area contributed by atoms with Crippen molar-refractivity contribution in [3.63, 3.8) is 0 Å². The van der Waals surface area contributed by atoms with Gasteiger partial charge in [0.15, 0.2) is 23.1 Å². The second kappa shape index (κ2) is 3.58. The van der Waals surface area contributed by atoms with Gasteiger partial charge in [0.25, 0.3) is 0 Å². The highest BCUT2D eigenvalue weighted by atomic mass is 19.1. The molecule has 82 valence electrons. The fourth-order valence-electron chi connectivity index (χ4n) is 1.56. The third kappa shape index (κ3) is 1.59. The average Bonchev–Trinajstić information content (AvgIpc) is 2.19. The lowest BCUT2D eigenvalue weighted by Crippen LogP contribution is -2.17. The molecule has 4 nitrogen and oxygen atoms in total. The van der Waals surface area contributed by atoms with Crippen LogP contribution in [0.3, 0.4) is 0 Å². The van der Waals surface area contributed by atoms with Crippen molar-refractivity contribution in [3.8, 4) is 17.2 Å². The molecule has 0 bridgehead atoms. The standard InChI is InChI=1S/C10H11FO4/c1-5(12)8-9(13)6(11)4-7-10(8)15-3-2-14-7/h4-5,12-13H,2-3H2,1H3. The van der Waals surface area contributed by atoms with Crippen LogP contribution < -0.4 is 9.47 Å². The van der Waals surface area contributed by atoms with Crippen LogP contribution in [0.5, 0.6) is 17.2 Å². The molecule has 0 aliphatic carbocycles. The van der Waals surface area contributed by atoms with Crippen molar-refractivity contribution >= 4 is 0 Å². The predicted octanol–water partition coefficient (Wildman–Crippen LogP) is 1.36. The minimum atomic E-state index is -1.02. The third-order valence-electron chi connectivity index (χ3n) is 2.21. The van der Waals surface area contributed by atoms with E-state index in [9.17, 15) is 14.6 Å². The van der Waals surface area contributed by atoms with E-state index in [1.165, 1.54) is 6.92 Å². The molecule has 1 aliphatic heterocycles. The molecule has 0 radical (unpaired) electrons. The molecule has 1 atom stereocenters. The second-order valence-corrected chi connectivity index (χ2v) is 3.32. The van der Waals surface area contributed by atoms with Crippen LogP contribution in [-0.4, -0.2) is 23.4 Å². The minimum Gasteiger partial charge on any atom is -0.504 e. The van der Waals surface area contributed by atoms with Gasteiger partial charge in [-0.15, -0.1) is 0 Å². The van der Waals surface area contributed by atoms with Gasteiger partial charge in [-0.3, -0.25) is 0 Å². The van der Waals surface area contributed by atoms with Crippen molar-refractivity contribution in [1.82, 2.24) is 0 Å². The monoisotopic (exact) mass is 214 g/mol. The van der Waals surface area contributed by atoms with Gasteiger partial charge in [-0.25, -0.2) is 4.39 Å². The molecule has 1 aromatic carbocycles. The van der Waals surface area contributed by atoms with E-state index in [-0.39, 0.29) is 17.1 Å². The number of aromatic hydroxyl groups is 1. The van der Waals surface area contributed by atoms with Gasteiger partial charge in [0.05, 0.1) is 11.7 Å². The van der Waals surface area contributed by atoms with Gasteiger partial charge in [0, 0.05) is 6.07 Å². The Morgan fingerprint density at radius 3 is 2.73 bits per heavy atom. The predicted molar refractivity (Wildman–Crippen MR) is 49.7 cm³/mol. The van der Waals surface area contributed by atoms with Crippen LogP contribution in [0, 0.1) is 5.82 Å². The Balaban J connectivity index is 2.63. The normalized spacial score (nSPS) is 16.2. The SMILES string of the molecule is CC(O)c1c(O)c(F)cc2c1OCCO2. The molecule has 1 aliphatic rings. The van der Waals surface area contributed by atoms with Gasteiger partial charge >= 0.3 is 0 Å². The fourth-order valence-corrected chi connectivity index (χ4v) is 1.56. The maximum Gasteiger partial charge on any atom is 0.171 e. The Morgan fingerprint density at radius 1 is 1.40 bits per heavy atom. The first-order valence-electron chi connectivity index (χ1n) is 4.60. The van der Waals surface area contributed by atoms with Crippen LogP contribution in [0.25, 0.3) is 0 Å².